The van der Waals surface area contributed by atoms with Crippen LogP contribution in [0.15, 0.2) is 0 Å². The van der Waals surface area contributed by atoms with Crippen LogP contribution in [0.2, 0.25) is 0 Å². The number of sulfonamides is 1. The molecule has 102 valence electrons. The second kappa shape index (κ2) is 7.61. The Morgan fingerprint density at radius 2 is 2.06 bits per heavy atom. The van der Waals surface area contributed by atoms with E-state index in [1.807, 2.05) is 6.26 Å². The van der Waals surface area contributed by atoms with Crippen molar-refractivity contribution in [2.45, 2.75) is 43.9 Å². The Morgan fingerprint density at radius 1 is 1.35 bits per heavy atom. The molecular formula is C11H24N2O2S2. The van der Waals surface area contributed by atoms with Crippen molar-refractivity contribution in [1.82, 2.24) is 10.0 Å². The van der Waals surface area contributed by atoms with Crippen LogP contribution in [0.1, 0.15) is 32.6 Å². The van der Waals surface area contributed by atoms with Crippen LogP contribution in [0.25, 0.3) is 0 Å². The lowest BCUT2D eigenvalue weighted by molar-refractivity contribution is 0.572. The van der Waals surface area contributed by atoms with Gasteiger partial charge in [0, 0.05) is 17.8 Å². The Bertz CT molecular complexity index is 303. The van der Waals surface area contributed by atoms with Gasteiger partial charge in [-0.15, -0.1) is 0 Å². The molecule has 0 amide bonds. The van der Waals surface area contributed by atoms with Gasteiger partial charge in [-0.3, -0.25) is 0 Å². The summed E-state index contributed by atoms with van der Waals surface area (Å²) in [5, 5.41) is 3.83. The van der Waals surface area contributed by atoms with E-state index < -0.39 is 10.0 Å². The summed E-state index contributed by atoms with van der Waals surface area (Å²) in [6.07, 6.45) is 6.13. The van der Waals surface area contributed by atoms with Crippen molar-refractivity contribution >= 4 is 21.8 Å². The fourth-order valence-electron chi connectivity index (χ4n) is 1.46. The highest BCUT2D eigenvalue weighted by Gasteiger charge is 2.20. The Balaban J connectivity index is 2.03. The summed E-state index contributed by atoms with van der Waals surface area (Å²) < 4.78 is 25.9. The molecule has 1 rings (SSSR count). The zero-order valence-electron chi connectivity index (χ0n) is 10.7. The smallest absolute Gasteiger partial charge is 0.211 e. The molecule has 0 aromatic carbocycles. The van der Waals surface area contributed by atoms with E-state index in [-0.39, 0.29) is 5.75 Å². The van der Waals surface area contributed by atoms with E-state index in [0.717, 1.165) is 13.0 Å². The fourth-order valence-corrected chi connectivity index (χ4v) is 2.91. The molecule has 0 aromatic rings. The topological polar surface area (TPSA) is 58.2 Å². The number of hydrogen-bond acceptors (Lipinski definition) is 4. The molecule has 0 heterocycles. The summed E-state index contributed by atoms with van der Waals surface area (Å²) in [6, 6.07) is 0.660. The van der Waals surface area contributed by atoms with E-state index in [2.05, 4.69) is 17.0 Å². The first-order valence-electron chi connectivity index (χ1n) is 6.27. The van der Waals surface area contributed by atoms with Crippen LogP contribution >= 0.6 is 11.8 Å². The maximum Gasteiger partial charge on any atom is 0.211 e. The lowest BCUT2D eigenvalue weighted by atomic mass is 10.3. The number of thioether (sulfide) groups is 1. The monoisotopic (exact) mass is 280 g/mol. The summed E-state index contributed by atoms with van der Waals surface area (Å²) in [5.41, 5.74) is 0. The summed E-state index contributed by atoms with van der Waals surface area (Å²) in [6.45, 7) is 3.48. The normalized spacial score (nSPS) is 18.2. The van der Waals surface area contributed by atoms with Crippen LogP contribution in [0, 0.1) is 0 Å². The first-order chi connectivity index (χ1) is 8.03. The second-order valence-electron chi connectivity index (χ2n) is 4.63. The van der Waals surface area contributed by atoms with Crippen molar-refractivity contribution in [3.05, 3.63) is 0 Å². The molecule has 1 saturated carbocycles. The van der Waals surface area contributed by atoms with Crippen molar-refractivity contribution in [2.24, 2.45) is 0 Å². The first-order valence-corrected chi connectivity index (χ1v) is 9.21. The molecule has 0 bridgehead atoms. The summed E-state index contributed by atoms with van der Waals surface area (Å²) in [5.74, 6) is 0.236. The summed E-state index contributed by atoms with van der Waals surface area (Å²) in [7, 11) is -3.06. The van der Waals surface area contributed by atoms with E-state index in [9.17, 15) is 8.42 Å². The molecule has 1 aliphatic rings. The molecular weight excluding hydrogens is 256 g/mol. The summed E-state index contributed by atoms with van der Waals surface area (Å²) in [4.78, 5) is 0. The van der Waals surface area contributed by atoms with Gasteiger partial charge in [0.15, 0.2) is 0 Å². The quantitative estimate of drug-likeness (QED) is 0.590. The molecule has 4 nitrogen and oxygen atoms in total. The third-order valence-corrected chi connectivity index (χ3v) is 5.39. The first kappa shape index (κ1) is 15.3. The highest BCUT2D eigenvalue weighted by atomic mass is 32.2. The average molecular weight is 280 g/mol. The SMILES string of the molecule is CSC(C)CCNS(=O)(=O)CCCNC1CC1. The van der Waals surface area contributed by atoms with E-state index in [0.29, 0.717) is 24.3 Å². The summed E-state index contributed by atoms with van der Waals surface area (Å²) >= 11 is 1.76. The van der Waals surface area contributed by atoms with Gasteiger partial charge in [0.1, 0.15) is 0 Å². The fraction of sp³-hybridized carbons (Fsp3) is 1.00. The molecule has 0 aliphatic heterocycles. The zero-order chi connectivity index (χ0) is 12.7. The molecule has 1 aliphatic carbocycles. The van der Waals surface area contributed by atoms with Crippen LogP contribution in [-0.4, -0.2) is 44.8 Å². The maximum atomic E-state index is 11.6. The minimum absolute atomic E-state index is 0.236. The van der Waals surface area contributed by atoms with Gasteiger partial charge in [-0.2, -0.15) is 11.8 Å². The number of hydrogen-bond donors (Lipinski definition) is 2. The van der Waals surface area contributed by atoms with Gasteiger partial charge in [-0.25, -0.2) is 13.1 Å². The van der Waals surface area contributed by atoms with Crippen molar-refractivity contribution in [3.8, 4) is 0 Å². The predicted octanol–water partition coefficient (Wildman–Crippen LogP) is 1.19. The average Bonchev–Trinajstić information content (AvgIpc) is 3.08. The van der Waals surface area contributed by atoms with E-state index in [1.165, 1.54) is 12.8 Å². The van der Waals surface area contributed by atoms with Crippen molar-refractivity contribution in [1.29, 1.82) is 0 Å². The molecule has 6 heteroatoms. The van der Waals surface area contributed by atoms with Crippen LogP contribution in [-0.2, 0) is 10.0 Å². The third kappa shape index (κ3) is 8.02. The Hall–Kier alpha value is 0.220. The van der Waals surface area contributed by atoms with E-state index >= 15 is 0 Å². The van der Waals surface area contributed by atoms with Gasteiger partial charge in [-0.05, 0) is 38.5 Å². The van der Waals surface area contributed by atoms with Crippen molar-refractivity contribution in [2.75, 3.05) is 25.1 Å². The highest BCUT2D eigenvalue weighted by Crippen LogP contribution is 2.18. The molecule has 1 fully saturated rings. The molecule has 1 unspecified atom stereocenters. The number of nitrogens with one attached hydrogen (secondary N) is 2. The van der Waals surface area contributed by atoms with Crippen molar-refractivity contribution in [3.63, 3.8) is 0 Å². The molecule has 0 spiro atoms. The van der Waals surface area contributed by atoms with Crippen molar-refractivity contribution < 1.29 is 8.42 Å². The van der Waals surface area contributed by atoms with Crippen LogP contribution in [0.5, 0.6) is 0 Å². The van der Waals surface area contributed by atoms with Crippen LogP contribution < -0.4 is 10.0 Å². The van der Waals surface area contributed by atoms with Gasteiger partial charge in [0.2, 0.25) is 10.0 Å². The Labute approximate surface area is 109 Å². The van der Waals surface area contributed by atoms with E-state index in [1.54, 1.807) is 11.8 Å². The van der Waals surface area contributed by atoms with Crippen LogP contribution in [0.3, 0.4) is 0 Å². The Kier molecular flexibility index (Phi) is 6.84. The predicted molar refractivity (Wildman–Crippen MR) is 75.0 cm³/mol. The maximum absolute atomic E-state index is 11.6. The van der Waals surface area contributed by atoms with Crippen LogP contribution in [0.4, 0.5) is 0 Å². The Morgan fingerprint density at radius 3 is 2.65 bits per heavy atom. The molecule has 2 N–H and O–H groups in total. The van der Waals surface area contributed by atoms with Gasteiger partial charge < -0.3 is 5.32 Å². The zero-order valence-corrected chi connectivity index (χ0v) is 12.4. The van der Waals surface area contributed by atoms with Gasteiger partial charge in [-0.1, -0.05) is 6.92 Å². The van der Waals surface area contributed by atoms with Gasteiger partial charge in [0.05, 0.1) is 5.75 Å². The molecule has 0 aromatic heterocycles. The third-order valence-electron chi connectivity index (χ3n) is 2.88. The number of rotatable bonds is 10. The minimum atomic E-state index is -3.06. The largest absolute Gasteiger partial charge is 0.314 e. The second-order valence-corrected chi connectivity index (χ2v) is 7.83. The molecule has 17 heavy (non-hydrogen) atoms. The highest BCUT2D eigenvalue weighted by molar-refractivity contribution is 7.99. The lowest BCUT2D eigenvalue weighted by Crippen LogP contribution is -2.30. The minimum Gasteiger partial charge on any atom is -0.314 e. The molecule has 0 radical (unpaired) electrons. The van der Waals surface area contributed by atoms with Gasteiger partial charge >= 0.3 is 0 Å². The van der Waals surface area contributed by atoms with Gasteiger partial charge in [0.25, 0.3) is 0 Å². The lowest BCUT2D eigenvalue weighted by Gasteiger charge is -2.10. The van der Waals surface area contributed by atoms with E-state index in [4.69, 9.17) is 0 Å². The molecule has 0 saturated heterocycles. The molecule has 1 atom stereocenters. The standard InChI is InChI=1S/C11H24N2O2S2/c1-10(16-2)6-8-13-17(14,15)9-3-7-12-11-4-5-11/h10-13H,3-9H2,1-2H3.